The van der Waals surface area contributed by atoms with E-state index in [2.05, 4.69) is 10.2 Å². The molecule has 2 fully saturated rings. The van der Waals surface area contributed by atoms with Crippen LogP contribution in [-0.2, 0) is 14.3 Å². The lowest BCUT2D eigenvalue weighted by Gasteiger charge is -2.36. The van der Waals surface area contributed by atoms with Crippen LogP contribution in [0.1, 0.15) is 77.8 Å². The summed E-state index contributed by atoms with van der Waals surface area (Å²) in [5.74, 6) is -2.22. The second-order valence-corrected chi connectivity index (χ2v) is 11.9. The third kappa shape index (κ3) is 7.86. The van der Waals surface area contributed by atoms with Crippen molar-refractivity contribution in [2.75, 3.05) is 57.4 Å². The molecule has 3 heterocycles. The Balaban J connectivity index is 0.980. The first-order chi connectivity index (χ1) is 21.7. The summed E-state index contributed by atoms with van der Waals surface area (Å²) < 4.78 is 26.9. The van der Waals surface area contributed by atoms with Crippen LogP contribution in [0.15, 0.2) is 36.4 Å². The van der Waals surface area contributed by atoms with E-state index >= 15 is 4.39 Å². The van der Waals surface area contributed by atoms with Gasteiger partial charge in [-0.2, -0.15) is 0 Å². The number of rotatable bonds is 14. The van der Waals surface area contributed by atoms with Crippen LogP contribution in [0, 0.1) is 5.82 Å². The number of piperazine rings is 1. The lowest BCUT2D eigenvalue weighted by atomic mass is 10.0. The van der Waals surface area contributed by atoms with E-state index in [0.29, 0.717) is 46.0 Å². The number of nitrogens with two attached hydrogens (primary N) is 1. The Kier molecular flexibility index (Phi) is 10.8. The number of nitrogens with one attached hydrogen (secondary N) is 1. The van der Waals surface area contributed by atoms with Crippen LogP contribution in [0.4, 0.5) is 10.1 Å². The average molecular weight is 624 g/mol. The normalized spacial score (nSPS) is 19.6. The second-order valence-electron chi connectivity index (χ2n) is 11.9. The SMILES string of the molecule is CC(N)c1cccc(OCCCCCCOCCN2CCN(c3cc4c(cc3F)C(=O)N(C3CCC(=O)NC3=O)C4=O)CC2)c1. The molecule has 242 valence electrons. The number of benzene rings is 2. The maximum absolute atomic E-state index is 15.2. The average Bonchev–Trinajstić information content (AvgIpc) is 3.26. The van der Waals surface area contributed by atoms with Crippen molar-refractivity contribution in [3.05, 3.63) is 58.9 Å². The third-order valence-corrected chi connectivity index (χ3v) is 8.61. The maximum Gasteiger partial charge on any atom is 0.262 e. The number of carbonyl (C=O) groups excluding carboxylic acids is 4. The number of halogens is 1. The van der Waals surface area contributed by atoms with Crippen molar-refractivity contribution in [3.8, 4) is 5.75 Å². The molecular formula is C33H42FN5O6. The number of ether oxygens (including phenoxy) is 2. The minimum Gasteiger partial charge on any atom is -0.494 e. The van der Waals surface area contributed by atoms with Crippen LogP contribution in [0.2, 0.25) is 0 Å². The molecular weight excluding hydrogens is 581 g/mol. The monoisotopic (exact) mass is 623 g/mol. The quantitative estimate of drug-likeness (QED) is 0.241. The van der Waals surface area contributed by atoms with E-state index in [1.54, 1.807) is 0 Å². The number of unbranched alkanes of at least 4 members (excludes halogenated alkanes) is 3. The molecule has 0 aromatic heterocycles. The van der Waals surface area contributed by atoms with Crippen molar-refractivity contribution < 1.29 is 33.0 Å². The van der Waals surface area contributed by atoms with Gasteiger partial charge in [-0.15, -0.1) is 0 Å². The number of nitrogens with zero attached hydrogens (tertiary/aromatic N) is 3. The first kappa shape index (κ1) is 32.5. The summed E-state index contributed by atoms with van der Waals surface area (Å²) in [6.07, 6.45) is 4.21. The number of piperidine rings is 1. The number of imide groups is 2. The first-order valence-corrected chi connectivity index (χ1v) is 15.8. The molecule has 4 amide bonds. The zero-order valence-corrected chi connectivity index (χ0v) is 25.8. The van der Waals surface area contributed by atoms with Crippen molar-refractivity contribution in [3.63, 3.8) is 0 Å². The molecule has 2 saturated heterocycles. The molecule has 2 aromatic carbocycles. The third-order valence-electron chi connectivity index (χ3n) is 8.61. The minimum absolute atomic E-state index is 0.0109. The van der Waals surface area contributed by atoms with Crippen LogP contribution in [0.5, 0.6) is 5.75 Å². The van der Waals surface area contributed by atoms with E-state index in [1.165, 1.54) is 6.07 Å². The van der Waals surface area contributed by atoms with E-state index < -0.39 is 35.5 Å². The number of hydrogen-bond donors (Lipinski definition) is 2. The summed E-state index contributed by atoms with van der Waals surface area (Å²) in [7, 11) is 0. The molecule has 3 N–H and O–H groups in total. The predicted molar refractivity (Wildman–Crippen MR) is 166 cm³/mol. The number of fused-ring (bicyclic) bond motifs is 1. The summed E-state index contributed by atoms with van der Waals surface area (Å²) in [6.45, 7) is 7.30. The fraction of sp³-hybridized carbons (Fsp3) is 0.515. The van der Waals surface area contributed by atoms with Gasteiger partial charge < -0.3 is 20.1 Å². The van der Waals surface area contributed by atoms with Gasteiger partial charge in [0.05, 0.1) is 30.0 Å². The summed E-state index contributed by atoms with van der Waals surface area (Å²) in [5, 5.41) is 2.17. The highest BCUT2D eigenvalue weighted by Gasteiger charge is 2.45. The Morgan fingerprint density at radius 3 is 2.36 bits per heavy atom. The Morgan fingerprint density at radius 1 is 0.933 bits per heavy atom. The molecule has 0 aliphatic carbocycles. The summed E-state index contributed by atoms with van der Waals surface area (Å²) in [5.41, 5.74) is 7.29. The van der Waals surface area contributed by atoms with Crippen LogP contribution in [-0.4, -0.2) is 92.0 Å². The zero-order valence-electron chi connectivity index (χ0n) is 25.8. The van der Waals surface area contributed by atoms with Gasteiger partial charge in [-0.1, -0.05) is 18.6 Å². The van der Waals surface area contributed by atoms with Gasteiger partial charge >= 0.3 is 0 Å². The van der Waals surface area contributed by atoms with Gasteiger partial charge in [-0.25, -0.2) is 4.39 Å². The summed E-state index contributed by atoms with van der Waals surface area (Å²) in [6, 6.07) is 9.34. The lowest BCUT2D eigenvalue weighted by Crippen LogP contribution is -2.54. The Bertz CT molecular complexity index is 1410. The van der Waals surface area contributed by atoms with Crippen LogP contribution >= 0.6 is 0 Å². The molecule has 0 radical (unpaired) electrons. The first-order valence-electron chi connectivity index (χ1n) is 15.8. The highest BCUT2D eigenvalue weighted by atomic mass is 19.1. The van der Waals surface area contributed by atoms with Crippen molar-refractivity contribution in [2.24, 2.45) is 5.73 Å². The van der Waals surface area contributed by atoms with Gasteiger partial charge in [0.15, 0.2) is 0 Å². The topological polar surface area (TPSA) is 135 Å². The molecule has 2 atom stereocenters. The number of amides is 4. The van der Waals surface area contributed by atoms with Gasteiger partial charge in [0.2, 0.25) is 11.8 Å². The number of carbonyl (C=O) groups is 4. The fourth-order valence-electron chi connectivity index (χ4n) is 5.97. The molecule has 11 nitrogen and oxygen atoms in total. The molecule has 45 heavy (non-hydrogen) atoms. The van der Waals surface area contributed by atoms with Crippen LogP contribution < -0.4 is 20.7 Å². The Hall–Kier alpha value is -3.87. The van der Waals surface area contributed by atoms with Gasteiger partial charge in [0.1, 0.15) is 17.6 Å². The smallest absolute Gasteiger partial charge is 0.262 e. The van der Waals surface area contributed by atoms with Gasteiger partial charge in [-0.3, -0.25) is 34.3 Å². The Morgan fingerprint density at radius 2 is 1.64 bits per heavy atom. The van der Waals surface area contributed by atoms with E-state index in [-0.39, 0.29) is 35.7 Å². The molecule has 2 aromatic rings. The number of anilines is 1. The molecule has 0 saturated carbocycles. The largest absolute Gasteiger partial charge is 0.494 e. The van der Waals surface area contributed by atoms with Gasteiger partial charge in [0, 0.05) is 51.8 Å². The predicted octanol–water partition coefficient (Wildman–Crippen LogP) is 3.02. The minimum atomic E-state index is -1.08. The van der Waals surface area contributed by atoms with E-state index in [4.69, 9.17) is 15.2 Å². The summed E-state index contributed by atoms with van der Waals surface area (Å²) in [4.78, 5) is 54.9. The molecule has 3 aliphatic heterocycles. The van der Waals surface area contributed by atoms with Crippen molar-refractivity contribution in [1.29, 1.82) is 0 Å². The molecule has 3 aliphatic rings. The van der Waals surface area contributed by atoms with Crippen LogP contribution in [0.3, 0.4) is 0 Å². The van der Waals surface area contributed by atoms with E-state index in [1.807, 2.05) is 36.1 Å². The fourth-order valence-corrected chi connectivity index (χ4v) is 5.97. The van der Waals surface area contributed by atoms with E-state index in [0.717, 1.165) is 54.5 Å². The number of hydrogen-bond acceptors (Lipinski definition) is 9. The van der Waals surface area contributed by atoms with Gasteiger partial charge in [0.25, 0.3) is 11.8 Å². The molecule has 0 spiro atoms. The van der Waals surface area contributed by atoms with Crippen molar-refractivity contribution in [1.82, 2.24) is 15.1 Å². The zero-order chi connectivity index (χ0) is 31.9. The molecule has 5 rings (SSSR count). The molecule has 0 bridgehead atoms. The maximum atomic E-state index is 15.2. The second kappa shape index (κ2) is 14.9. The van der Waals surface area contributed by atoms with E-state index in [9.17, 15) is 19.2 Å². The summed E-state index contributed by atoms with van der Waals surface area (Å²) >= 11 is 0. The van der Waals surface area contributed by atoms with Gasteiger partial charge in [-0.05, 0) is 62.4 Å². The molecule has 2 unspecified atom stereocenters. The standard InChI is InChI=1S/C33H42FN5O6/c1-22(35)23-7-6-8-24(19-23)45-17-5-3-2-4-16-44-18-15-37-11-13-38(14-12-37)29-21-26-25(20-27(29)34)32(42)39(33(26)43)28-9-10-30(40)36-31(28)41/h6-8,19-22,28H,2-5,9-18,35H2,1H3,(H,36,40,41). The highest BCUT2D eigenvalue weighted by Crippen LogP contribution is 2.33. The highest BCUT2D eigenvalue weighted by molar-refractivity contribution is 6.23. The Labute approximate surface area is 262 Å². The lowest BCUT2D eigenvalue weighted by molar-refractivity contribution is -0.136. The van der Waals surface area contributed by atoms with Crippen molar-refractivity contribution >= 4 is 29.3 Å². The molecule has 12 heteroatoms. The van der Waals surface area contributed by atoms with Crippen LogP contribution in [0.25, 0.3) is 0 Å². The van der Waals surface area contributed by atoms with Crippen molar-refractivity contribution in [2.45, 2.75) is 57.5 Å².